The molecule has 0 saturated carbocycles. The van der Waals surface area contributed by atoms with Crippen molar-refractivity contribution in [3.8, 4) is 0 Å². The minimum Gasteiger partial charge on any atom is -0.371 e. The molecule has 0 heterocycles. The van der Waals surface area contributed by atoms with Crippen molar-refractivity contribution in [1.82, 2.24) is 0 Å². The molecule has 0 saturated heterocycles. The smallest absolute Gasteiger partial charge is 0.300 e. The van der Waals surface area contributed by atoms with E-state index in [2.05, 4.69) is 0 Å². The Bertz CT molecular complexity index is 597. The fourth-order valence-corrected chi connectivity index (χ4v) is 2.51. The van der Waals surface area contributed by atoms with Gasteiger partial charge in [0, 0.05) is 72.0 Å². The van der Waals surface area contributed by atoms with Crippen molar-refractivity contribution in [2.45, 2.75) is 48.1 Å². The summed E-state index contributed by atoms with van der Waals surface area (Å²) in [5.74, 6) is -6.81. The number of rotatable bonds is 8. The number of hydrogen-bond donors (Lipinski definition) is 8. The molecular weight excluding hydrogens is 398 g/mol. The molecule has 0 aliphatic carbocycles. The van der Waals surface area contributed by atoms with Crippen molar-refractivity contribution in [2.24, 2.45) is 0 Å². The zero-order valence-corrected chi connectivity index (χ0v) is 18.9. The molecule has 0 rings (SSSR count). The second-order valence-corrected chi connectivity index (χ2v) is 8.10. The van der Waals surface area contributed by atoms with Crippen LogP contribution in [-0.4, -0.2) is 138 Å². The molecule has 0 aromatic rings. The third-order valence-corrected chi connectivity index (χ3v) is 5.27. The quantitative estimate of drug-likeness (QED) is 0.106. The standard InChI is InChI=1S/C8H18O12S2.2Na/c1-6(10,22(18,19)20)8(13,14)4-2-3-7(11,12)5(9)21(15,16)17;;/h5,9-14H,2-4H2,1H3,(H,15,16,17)(H,18,19,20);;. The molecule has 0 spiro atoms. The summed E-state index contributed by atoms with van der Waals surface area (Å²) in [6, 6.07) is 0. The van der Waals surface area contributed by atoms with Gasteiger partial charge >= 0.3 is 0 Å². The Morgan fingerprint density at radius 2 is 1.25 bits per heavy atom. The van der Waals surface area contributed by atoms with Crippen LogP contribution in [0.5, 0.6) is 0 Å². The molecule has 0 fully saturated rings. The maximum Gasteiger partial charge on any atom is 0.300 e. The van der Waals surface area contributed by atoms with Gasteiger partial charge in [-0.1, -0.05) is 0 Å². The van der Waals surface area contributed by atoms with Crippen LogP contribution in [0.4, 0.5) is 0 Å². The maximum absolute atomic E-state index is 10.8. The summed E-state index contributed by atoms with van der Waals surface area (Å²) < 4.78 is 59.9. The third kappa shape index (κ3) is 7.67. The van der Waals surface area contributed by atoms with Crippen LogP contribution in [-0.2, 0) is 20.2 Å². The molecule has 0 aliphatic heterocycles. The van der Waals surface area contributed by atoms with Crippen molar-refractivity contribution in [3.05, 3.63) is 0 Å². The van der Waals surface area contributed by atoms with Gasteiger partial charge in [0.1, 0.15) is 0 Å². The summed E-state index contributed by atoms with van der Waals surface area (Å²) in [6.45, 7) is 0.362. The Morgan fingerprint density at radius 1 is 0.875 bits per heavy atom. The van der Waals surface area contributed by atoms with Crippen molar-refractivity contribution in [3.63, 3.8) is 0 Å². The summed E-state index contributed by atoms with van der Waals surface area (Å²) in [5, 5.41) is 55.8. The molecule has 12 nitrogen and oxygen atoms in total. The normalized spacial score (nSPS) is 17.2. The van der Waals surface area contributed by atoms with E-state index in [1.54, 1.807) is 0 Å². The van der Waals surface area contributed by atoms with E-state index in [1.165, 1.54) is 0 Å². The zero-order chi connectivity index (χ0) is 18.2. The van der Waals surface area contributed by atoms with Crippen LogP contribution in [0.3, 0.4) is 0 Å². The average Bonchev–Trinajstić information content (AvgIpc) is 2.24. The van der Waals surface area contributed by atoms with Gasteiger partial charge < -0.3 is 30.6 Å². The van der Waals surface area contributed by atoms with E-state index >= 15 is 0 Å². The summed E-state index contributed by atoms with van der Waals surface area (Å²) in [7, 11) is -10.6. The van der Waals surface area contributed by atoms with Gasteiger partial charge in [-0.05, 0) is 13.3 Å². The van der Waals surface area contributed by atoms with Crippen molar-refractivity contribution in [2.75, 3.05) is 0 Å². The predicted molar refractivity (Wildman–Crippen MR) is 79.4 cm³/mol. The van der Waals surface area contributed by atoms with Crippen LogP contribution in [0.1, 0.15) is 26.2 Å². The molecule has 0 amide bonds. The molecule has 24 heavy (non-hydrogen) atoms. The Kier molecular flexibility index (Phi) is 12.2. The number of hydrogen-bond acceptors (Lipinski definition) is 10. The predicted octanol–water partition coefficient (Wildman–Crippen LogP) is -4.44. The topological polar surface area (TPSA) is 230 Å². The molecule has 2 radical (unpaired) electrons. The van der Waals surface area contributed by atoms with Crippen molar-refractivity contribution in [1.29, 1.82) is 0 Å². The molecular formula is C8H18Na2O12S2. The van der Waals surface area contributed by atoms with Gasteiger partial charge in [-0.25, -0.2) is 0 Å². The van der Waals surface area contributed by atoms with E-state index in [0.29, 0.717) is 6.92 Å². The molecule has 2 atom stereocenters. The third-order valence-electron chi connectivity index (χ3n) is 2.99. The molecule has 0 aliphatic rings. The van der Waals surface area contributed by atoms with E-state index in [0.717, 1.165) is 0 Å². The van der Waals surface area contributed by atoms with Crippen molar-refractivity contribution < 1.29 is 56.6 Å². The molecule has 0 aromatic heterocycles. The fourth-order valence-electron chi connectivity index (χ4n) is 1.40. The Balaban J connectivity index is -0.00000220. The first-order valence-electron chi connectivity index (χ1n) is 5.59. The van der Waals surface area contributed by atoms with E-state index in [4.69, 9.17) is 14.2 Å². The van der Waals surface area contributed by atoms with Crippen LogP contribution in [0.15, 0.2) is 0 Å². The first-order valence-corrected chi connectivity index (χ1v) is 8.54. The molecule has 16 heteroatoms. The van der Waals surface area contributed by atoms with Crippen LogP contribution in [0.2, 0.25) is 0 Å². The Hall–Kier alpha value is 1.58. The van der Waals surface area contributed by atoms with Gasteiger partial charge in [0.25, 0.3) is 20.2 Å². The van der Waals surface area contributed by atoms with E-state index in [1.807, 2.05) is 0 Å². The van der Waals surface area contributed by atoms with E-state index in [9.17, 15) is 42.4 Å². The second-order valence-electron chi connectivity index (χ2n) is 4.87. The van der Waals surface area contributed by atoms with E-state index < -0.39 is 61.4 Å². The molecule has 136 valence electrons. The molecule has 2 unspecified atom stereocenters. The number of aliphatic hydroxyl groups is 6. The average molecular weight is 416 g/mol. The largest absolute Gasteiger partial charge is 0.371 e. The summed E-state index contributed by atoms with van der Waals surface area (Å²) in [6.07, 6.45) is -2.86. The molecule has 0 bridgehead atoms. The van der Waals surface area contributed by atoms with E-state index in [-0.39, 0.29) is 59.1 Å². The fraction of sp³-hybridized carbons (Fsp3) is 1.00. The first-order chi connectivity index (χ1) is 9.36. The summed E-state index contributed by atoms with van der Waals surface area (Å²) in [4.78, 5) is -3.42. The minimum atomic E-state index is -5.32. The Labute approximate surface area is 182 Å². The van der Waals surface area contributed by atoms with Gasteiger partial charge in [0.2, 0.25) is 21.9 Å². The van der Waals surface area contributed by atoms with Gasteiger partial charge in [0.15, 0.2) is 0 Å². The second kappa shape index (κ2) is 9.68. The van der Waals surface area contributed by atoms with Crippen LogP contribution < -0.4 is 0 Å². The summed E-state index contributed by atoms with van der Waals surface area (Å²) in [5.41, 5.74) is -3.02. The summed E-state index contributed by atoms with van der Waals surface area (Å²) >= 11 is 0. The first kappa shape index (κ1) is 30.3. The maximum atomic E-state index is 10.8. The number of aliphatic hydroxyl groups excluding tert-OH is 1. The van der Waals surface area contributed by atoms with Crippen molar-refractivity contribution >= 4 is 79.4 Å². The SMILES string of the molecule is CC(O)(C(O)(O)CCCC(O)(O)C(O)S(=O)(=O)O)S(=O)(=O)O.[Na].[Na]. The Morgan fingerprint density at radius 3 is 1.54 bits per heavy atom. The monoisotopic (exact) mass is 416 g/mol. The minimum absolute atomic E-state index is 0. The zero-order valence-electron chi connectivity index (χ0n) is 13.2. The van der Waals surface area contributed by atoms with Crippen LogP contribution >= 0.6 is 0 Å². The van der Waals surface area contributed by atoms with Gasteiger partial charge in [-0.3, -0.25) is 9.11 Å². The van der Waals surface area contributed by atoms with Gasteiger partial charge in [-0.15, -0.1) is 0 Å². The molecule has 0 aromatic carbocycles. The van der Waals surface area contributed by atoms with Crippen LogP contribution in [0, 0.1) is 0 Å². The van der Waals surface area contributed by atoms with Crippen LogP contribution in [0.25, 0.3) is 0 Å². The molecule has 8 N–H and O–H groups in total. The van der Waals surface area contributed by atoms with Gasteiger partial charge in [-0.2, -0.15) is 16.8 Å². The van der Waals surface area contributed by atoms with Gasteiger partial charge in [0.05, 0.1) is 0 Å².